The van der Waals surface area contributed by atoms with E-state index in [-0.39, 0.29) is 11.9 Å². The average Bonchev–Trinajstić information content (AvgIpc) is 2.33. The molecule has 0 atom stereocenters. The van der Waals surface area contributed by atoms with Crippen molar-refractivity contribution in [1.82, 2.24) is 15.1 Å². The van der Waals surface area contributed by atoms with Gasteiger partial charge in [-0.15, -0.1) is 0 Å². The van der Waals surface area contributed by atoms with Crippen LogP contribution in [0.5, 0.6) is 0 Å². The predicted molar refractivity (Wildman–Crippen MR) is 66.6 cm³/mol. The Hall–Kier alpha value is -1.79. The highest BCUT2D eigenvalue weighted by Gasteiger charge is 2.46. The molecule has 7 nitrogen and oxygen atoms in total. The molecule has 0 spiro atoms. The van der Waals surface area contributed by atoms with Crippen LogP contribution in [0.3, 0.4) is 0 Å². The third-order valence-electron chi connectivity index (χ3n) is 3.97. The van der Waals surface area contributed by atoms with E-state index in [0.717, 1.165) is 6.42 Å². The number of nitrogens with zero attached hydrogens (tertiary/aromatic N) is 2. The van der Waals surface area contributed by atoms with Crippen LogP contribution >= 0.6 is 0 Å². The summed E-state index contributed by atoms with van der Waals surface area (Å²) in [6.45, 7) is 3.40. The molecule has 0 aromatic carbocycles. The van der Waals surface area contributed by atoms with Gasteiger partial charge in [-0.1, -0.05) is 0 Å². The molecule has 1 aliphatic carbocycles. The normalized spacial score (nSPS) is 21.5. The van der Waals surface area contributed by atoms with Crippen LogP contribution in [-0.2, 0) is 9.59 Å². The van der Waals surface area contributed by atoms with Crippen LogP contribution in [0.4, 0.5) is 4.79 Å². The van der Waals surface area contributed by atoms with Crippen molar-refractivity contribution in [3.8, 4) is 0 Å². The van der Waals surface area contributed by atoms with Gasteiger partial charge in [0.05, 0.1) is 0 Å². The monoisotopic (exact) mass is 269 g/mol. The van der Waals surface area contributed by atoms with Crippen molar-refractivity contribution < 1.29 is 19.5 Å². The predicted octanol–water partition coefficient (Wildman–Crippen LogP) is -0.133. The van der Waals surface area contributed by atoms with Gasteiger partial charge >= 0.3 is 12.0 Å². The molecule has 0 aromatic heterocycles. The van der Waals surface area contributed by atoms with Gasteiger partial charge in [0, 0.05) is 33.1 Å². The van der Waals surface area contributed by atoms with Gasteiger partial charge in [-0.25, -0.2) is 9.59 Å². The summed E-state index contributed by atoms with van der Waals surface area (Å²) in [7, 11) is 0. The Morgan fingerprint density at radius 3 is 1.95 bits per heavy atom. The lowest BCUT2D eigenvalue weighted by atomic mass is 9.77. The zero-order chi connectivity index (χ0) is 14.0. The molecule has 1 aliphatic heterocycles. The van der Waals surface area contributed by atoms with Crippen molar-refractivity contribution >= 4 is 17.9 Å². The summed E-state index contributed by atoms with van der Waals surface area (Å²) >= 11 is 0. The van der Waals surface area contributed by atoms with E-state index in [1.807, 2.05) is 0 Å². The van der Waals surface area contributed by atoms with E-state index in [1.54, 1.807) is 9.80 Å². The van der Waals surface area contributed by atoms with Gasteiger partial charge in [-0.2, -0.15) is 0 Å². The molecule has 1 saturated heterocycles. The zero-order valence-corrected chi connectivity index (χ0v) is 11.0. The lowest BCUT2D eigenvalue weighted by molar-refractivity contribution is -0.148. The molecular weight excluding hydrogens is 250 g/mol. The Morgan fingerprint density at radius 2 is 1.58 bits per heavy atom. The van der Waals surface area contributed by atoms with E-state index in [4.69, 9.17) is 5.11 Å². The fourth-order valence-electron chi connectivity index (χ4n) is 2.43. The molecule has 2 rings (SSSR count). The standard InChI is InChI=1S/C12H19N3O4/c1-9(16)14-5-7-15(8-6-14)11(19)13-12(10(17)18)3-2-4-12/h2-8H2,1H3,(H,13,19)(H,17,18). The summed E-state index contributed by atoms with van der Waals surface area (Å²) < 4.78 is 0. The molecule has 7 heteroatoms. The van der Waals surface area contributed by atoms with Gasteiger partial charge in [-0.05, 0) is 19.3 Å². The summed E-state index contributed by atoms with van der Waals surface area (Å²) in [5.41, 5.74) is -1.07. The molecule has 0 bridgehead atoms. The minimum absolute atomic E-state index is 0.000979. The van der Waals surface area contributed by atoms with E-state index in [9.17, 15) is 14.4 Å². The summed E-state index contributed by atoms with van der Waals surface area (Å²) in [5.74, 6) is -0.962. The van der Waals surface area contributed by atoms with Gasteiger partial charge in [0.2, 0.25) is 5.91 Å². The summed E-state index contributed by atoms with van der Waals surface area (Å²) in [4.78, 5) is 37.6. The van der Waals surface area contributed by atoms with Crippen LogP contribution in [0.2, 0.25) is 0 Å². The second kappa shape index (κ2) is 5.07. The molecule has 0 unspecified atom stereocenters. The highest BCUT2D eigenvalue weighted by atomic mass is 16.4. The molecule has 1 saturated carbocycles. The first-order valence-electron chi connectivity index (χ1n) is 6.51. The van der Waals surface area contributed by atoms with Crippen LogP contribution in [0.15, 0.2) is 0 Å². The van der Waals surface area contributed by atoms with Crippen LogP contribution in [-0.4, -0.2) is 64.5 Å². The molecule has 106 valence electrons. The molecule has 3 amide bonds. The van der Waals surface area contributed by atoms with Crippen LogP contribution in [0.1, 0.15) is 26.2 Å². The van der Waals surface area contributed by atoms with E-state index in [1.165, 1.54) is 6.92 Å². The van der Waals surface area contributed by atoms with Crippen molar-refractivity contribution in [2.75, 3.05) is 26.2 Å². The van der Waals surface area contributed by atoms with Crippen molar-refractivity contribution in [3.63, 3.8) is 0 Å². The van der Waals surface area contributed by atoms with Crippen molar-refractivity contribution in [2.45, 2.75) is 31.7 Å². The van der Waals surface area contributed by atoms with Crippen LogP contribution < -0.4 is 5.32 Å². The van der Waals surface area contributed by atoms with Crippen molar-refractivity contribution in [1.29, 1.82) is 0 Å². The number of hydrogen-bond acceptors (Lipinski definition) is 3. The number of rotatable bonds is 2. The summed E-state index contributed by atoms with van der Waals surface area (Å²) in [6.07, 6.45) is 1.80. The maximum absolute atomic E-state index is 12.0. The minimum atomic E-state index is -1.07. The third-order valence-corrected chi connectivity index (χ3v) is 3.97. The quantitative estimate of drug-likeness (QED) is 0.730. The minimum Gasteiger partial charge on any atom is -0.480 e. The van der Waals surface area contributed by atoms with Gasteiger partial charge in [0.15, 0.2) is 0 Å². The molecule has 2 aliphatic rings. The first-order chi connectivity index (χ1) is 8.94. The molecule has 0 radical (unpaired) electrons. The van der Waals surface area contributed by atoms with E-state index in [0.29, 0.717) is 39.0 Å². The maximum Gasteiger partial charge on any atom is 0.329 e. The van der Waals surface area contributed by atoms with Gasteiger partial charge in [0.25, 0.3) is 0 Å². The van der Waals surface area contributed by atoms with Gasteiger partial charge in [-0.3, -0.25) is 4.79 Å². The van der Waals surface area contributed by atoms with E-state index >= 15 is 0 Å². The number of nitrogens with one attached hydrogen (secondary N) is 1. The number of carboxylic acid groups (broad SMARTS) is 1. The Morgan fingerprint density at radius 1 is 1.05 bits per heavy atom. The first-order valence-corrected chi connectivity index (χ1v) is 6.51. The zero-order valence-electron chi connectivity index (χ0n) is 11.0. The Labute approximate surface area is 111 Å². The molecule has 2 N–H and O–H groups in total. The van der Waals surface area contributed by atoms with Gasteiger partial charge in [0.1, 0.15) is 5.54 Å². The lowest BCUT2D eigenvalue weighted by Crippen LogP contribution is -2.63. The summed E-state index contributed by atoms with van der Waals surface area (Å²) in [6, 6.07) is -0.342. The Bertz CT molecular complexity index is 398. The Balaban J connectivity index is 1.88. The molecule has 19 heavy (non-hydrogen) atoms. The summed E-state index contributed by atoms with van der Waals surface area (Å²) in [5, 5.41) is 11.8. The van der Waals surface area contributed by atoms with Crippen LogP contribution in [0.25, 0.3) is 0 Å². The van der Waals surface area contributed by atoms with Gasteiger partial charge < -0.3 is 20.2 Å². The van der Waals surface area contributed by atoms with Crippen LogP contribution in [0, 0.1) is 0 Å². The second-order valence-corrected chi connectivity index (χ2v) is 5.16. The fraction of sp³-hybridized carbons (Fsp3) is 0.750. The Kier molecular flexibility index (Phi) is 3.64. The second-order valence-electron chi connectivity index (χ2n) is 5.16. The fourth-order valence-corrected chi connectivity index (χ4v) is 2.43. The maximum atomic E-state index is 12.0. The SMILES string of the molecule is CC(=O)N1CCN(C(=O)NC2(C(=O)O)CCC2)CC1. The topological polar surface area (TPSA) is 90.0 Å². The van der Waals surface area contributed by atoms with E-state index in [2.05, 4.69) is 5.32 Å². The number of aliphatic carboxylic acids is 1. The third kappa shape index (κ3) is 2.64. The number of hydrogen-bond donors (Lipinski definition) is 2. The largest absolute Gasteiger partial charge is 0.480 e. The lowest BCUT2D eigenvalue weighted by Gasteiger charge is -2.41. The average molecular weight is 269 g/mol. The highest BCUT2D eigenvalue weighted by Crippen LogP contribution is 2.32. The van der Waals surface area contributed by atoms with Crippen molar-refractivity contribution in [3.05, 3.63) is 0 Å². The number of carbonyl (C=O) groups is 3. The number of amides is 3. The van der Waals surface area contributed by atoms with E-state index < -0.39 is 11.5 Å². The molecular formula is C12H19N3O4. The molecule has 2 fully saturated rings. The highest BCUT2D eigenvalue weighted by molar-refractivity contribution is 5.87. The number of carbonyl (C=O) groups excluding carboxylic acids is 2. The van der Waals surface area contributed by atoms with Crippen molar-refractivity contribution in [2.24, 2.45) is 0 Å². The number of piperazine rings is 1. The smallest absolute Gasteiger partial charge is 0.329 e. The number of urea groups is 1. The molecule has 1 heterocycles. The first kappa shape index (κ1) is 13.6. The molecule has 0 aromatic rings. The number of carboxylic acids is 1.